The van der Waals surface area contributed by atoms with Gasteiger partial charge in [-0.05, 0) is 6.92 Å². The first kappa shape index (κ1) is 16.1. The SMILES string of the molecule is CC(=O)N1[C@H](C(N)=O)CSC12CN(C(=O)[C@@H](N)C(C)O)C2. The Kier molecular flexibility index (Phi) is 4.18. The van der Waals surface area contributed by atoms with Crippen LogP contribution in [0.3, 0.4) is 0 Å². The number of nitrogens with two attached hydrogens (primary N) is 2. The van der Waals surface area contributed by atoms with Crippen LogP contribution in [0.5, 0.6) is 0 Å². The van der Waals surface area contributed by atoms with E-state index in [4.69, 9.17) is 11.5 Å². The lowest BCUT2D eigenvalue weighted by Gasteiger charge is -2.52. The highest BCUT2D eigenvalue weighted by Gasteiger charge is 2.58. The number of thioether (sulfide) groups is 1. The van der Waals surface area contributed by atoms with Crippen LogP contribution in [-0.2, 0) is 14.4 Å². The van der Waals surface area contributed by atoms with Gasteiger partial charge in [0, 0.05) is 12.7 Å². The Bertz CT molecular complexity index is 478. The highest BCUT2D eigenvalue weighted by Crippen LogP contribution is 2.46. The molecule has 0 radical (unpaired) electrons. The number of rotatable bonds is 3. The van der Waals surface area contributed by atoms with E-state index in [1.54, 1.807) is 0 Å². The highest BCUT2D eigenvalue weighted by molar-refractivity contribution is 8.01. The van der Waals surface area contributed by atoms with Crippen molar-refractivity contribution in [2.45, 2.75) is 36.9 Å². The Hall–Kier alpha value is -1.32. The maximum absolute atomic E-state index is 12.0. The minimum absolute atomic E-state index is 0.240. The monoisotopic (exact) mass is 316 g/mol. The fourth-order valence-corrected chi connectivity index (χ4v) is 4.42. The molecular formula is C12H20N4O4S. The third kappa shape index (κ3) is 2.60. The summed E-state index contributed by atoms with van der Waals surface area (Å²) in [7, 11) is 0. The molecule has 2 heterocycles. The van der Waals surface area contributed by atoms with Gasteiger partial charge in [0.1, 0.15) is 17.0 Å². The van der Waals surface area contributed by atoms with E-state index in [-0.39, 0.29) is 11.8 Å². The standard InChI is InChI=1S/C12H20N4O4S/c1-6(17)9(13)11(20)15-4-12(5-15)16(7(2)18)8(3-21-12)10(14)19/h6,8-9,17H,3-5,13H2,1-2H3,(H2,14,19)/t6?,8-,9-/m0/s1. The molecule has 0 aliphatic carbocycles. The average molecular weight is 316 g/mol. The molecule has 118 valence electrons. The van der Waals surface area contributed by atoms with Crippen LogP contribution in [0.25, 0.3) is 0 Å². The second kappa shape index (κ2) is 5.47. The number of amides is 3. The van der Waals surface area contributed by atoms with Gasteiger partial charge in [-0.3, -0.25) is 14.4 Å². The number of hydrogen-bond donors (Lipinski definition) is 3. The van der Waals surface area contributed by atoms with Gasteiger partial charge in [0.05, 0.1) is 19.2 Å². The molecule has 0 saturated carbocycles. The summed E-state index contributed by atoms with van der Waals surface area (Å²) in [5.74, 6) is -0.711. The zero-order chi connectivity index (χ0) is 15.9. The van der Waals surface area contributed by atoms with Crippen molar-refractivity contribution < 1.29 is 19.5 Å². The van der Waals surface area contributed by atoms with Gasteiger partial charge < -0.3 is 26.4 Å². The van der Waals surface area contributed by atoms with Crippen LogP contribution in [0.15, 0.2) is 0 Å². The zero-order valence-electron chi connectivity index (χ0n) is 12.0. The van der Waals surface area contributed by atoms with Crippen LogP contribution >= 0.6 is 11.8 Å². The molecule has 8 nitrogen and oxygen atoms in total. The Morgan fingerprint density at radius 2 is 1.95 bits per heavy atom. The van der Waals surface area contributed by atoms with E-state index in [9.17, 15) is 19.5 Å². The van der Waals surface area contributed by atoms with Crippen molar-refractivity contribution in [1.82, 2.24) is 9.80 Å². The lowest BCUT2D eigenvalue weighted by molar-refractivity contribution is -0.153. The van der Waals surface area contributed by atoms with E-state index in [2.05, 4.69) is 0 Å². The molecule has 1 spiro atoms. The van der Waals surface area contributed by atoms with Gasteiger partial charge in [0.15, 0.2) is 0 Å². The summed E-state index contributed by atoms with van der Waals surface area (Å²) in [5.41, 5.74) is 11.0. The predicted octanol–water partition coefficient (Wildman–Crippen LogP) is -2.32. The Morgan fingerprint density at radius 3 is 2.38 bits per heavy atom. The molecule has 5 N–H and O–H groups in total. The first-order valence-corrected chi connectivity index (χ1v) is 7.64. The fourth-order valence-electron chi connectivity index (χ4n) is 2.74. The lowest BCUT2D eigenvalue weighted by atomic mass is 10.0. The number of likely N-dealkylation sites (tertiary alicyclic amines) is 1. The van der Waals surface area contributed by atoms with Gasteiger partial charge >= 0.3 is 0 Å². The molecule has 21 heavy (non-hydrogen) atoms. The third-order valence-electron chi connectivity index (χ3n) is 3.92. The van der Waals surface area contributed by atoms with E-state index in [0.717, 1.165) is 0 Å². The summed E-state index contributed by atoms with van der Waals surface area (Å²) >= 11 is 1.45. The Morgan fingerprint density at radius 1 is 1.38 bits per heavy atom. The predicted molar refractivity (Wildman–Crippen MR) is 76.9 cm³/mol. The molecule has 0 bridgehead atoms. The number of nitrogens with zero attached hydrogens (tertiary/aromatic N) is 2. The lowest BCUT2D eigenvalue weighted by Crippen LogP contribution is -2.72. The minimum Gasteiger partial charge on any atom is -0.391 e. The van der Waals surface area contributed by atoms with Crippen molar-refractivity contribution in [3.63, 3.8) is 0 Å². The number of aliphatic hydroxyl groups excluding tert-OH is 1. The summed E-state index contributed by atoms with van der Waals surface area (Å²) in [5, 5.41) is 9.37. The van der Waals surface area contributed by atoms with Gasteiger partial charge in [-0.2, -0.15) is 0 Å². The smallest absolute Gasteiger partial charge is 0.242 e. The highest BCUT2D eigenvalue weighted by atomic mass is 32.2. The maximum atomic E-state index is 12.0. The molecule has 0 aromatic rings. The molecule has 0 aromatic heterocycles. The number of carbonyl (C=O) groups excluding carboxylic acids is 3. The third-order valence-corrected chi connectivity index (χ3v) is 5.40. The Labute approximate surface area is 126 Å². The summed E-state index contributed by atoms with van der Waals surface area (Å²) in [4.78, 5) is 37.7. The molecule has 1 unspecified atom stereocenters. The fraction of sp³-hybridized carbons (Fsp3) is 0.750. The van der Waals surface area contributed by atoms with Crippen molar-refractivity contribution in [3.8, 4) is 0 Å². The molecule has 3 amide bonds. The number of carbonyl (C=O) groups is 3. The molecule has 9 heteroatoms. The van der Waals surface area contributed by atoms with Gasteiger partial charge in [0.25, 0.3) is 0 Å². The maximum Gasteiger partial charge on any atom is 0.242 e. The van der Waals surface area contributed by atoms with Crippen LogP contribution in [-0.4, -0.2) is 74.5 Å². The molecule has 2 saturated heterocycles. The van der Waals surface area contributed by atoms with E-state index < -0.39 is 29.0 Å². The average Bonchev–Trinajstić information content (AvgIpc) is 2.75. The van der Waals surface area contributed by atoms with Crippen molar-refractivity contribution in [3.05, 3.63) is 0 Å². The van der Waals surface area contributed by atoms with E-state index in [1.165, 1.54) is 35.4 Å². The van der Waals surface area contributed by atoms with Crippen LogP contribution in [0, 0.1) is 0 Å². The van der Waals surface area contributed by atoms with Crippen molar-refractivity contribution in [2.24, 2.45) is 11.5 Å². The quantitative estimate of drug-likeness (QED) is 0.536. The summed E-state index contributed by atoms with van der Waals surface area (Å²) < 4.78 is 0. The van der Waals surface area contributed by atoms with Crippen molar-refractivity contribution in [2.75, 3.05) is 18.8 Å². The first-order chi connectivity index (χ1) is 9.69. The largest absolute Gasteiger partial charge is 0.391 e. The number of hydrogen-bond acceptors (Lipinski definition) is 6. The summed E-state index contributed by atoms with van der Waals surface area (Å²) in [6.45, 7) is 3.42. The second-order valence-corrected chi connectivity index (χ2v) is 6.91. The normalized spacial score (nSPS) is 26.4. The van der Waals surface area contributed by atoms with Crippen molar-refractivity contribution in [1.29, 1.82) is 0 Å². The molecule has 2 aliphatic heterocycles. The van der Waals surface area contributed by atoms with E-state index in [0.29, 0.717) is 18.8 Å². The van der Waals surface area contributed by atoms with Crippen LogP contribution in [0.4, 0.5) is 0 Å². The molecule has 2 rings (SSSR count). The number of primary amides is 1. The van der Waals surface area contributed by atoms with E-state index in [1.807, 2.05) is 0 Å². The summed E-state index contributed by atoms with van der Waals surface area (Å²) in [6.07, 6.45) is -0.937. The van der Waals surface area contributed by atoms with Gasteiger partial charge in [-0.25, -0.2) is 0 Å². The van der Waals surface area contributed by atoms with Gasteiger partial charge in [-0.1, -0.05) is 0 Å². The van der Waals surface area contributed by atoms with Crippen LogP contribution in [0.2, 0.25) is 0 Å². The second-order valence-electron chi connectivity index (χ2n) is 5.53. The topological polar surface area (TPSA) is 130 Å². The van der Waals surface area contributed by atoms with Gasteiger partial charge in [-0.15, -0.1) is 11.8 Å². The Balaban J connectivity index is 2.09. The van der Waals surface area contributed by atoms with Gasteiger partial charge in [0.2, 0.25) is 17.7 Å². The van der Waals surface area contributed by atoms with E-state index >= 15 is 0 Å². The molecule has 2 fully saturated rings. The van der Waals surface area contributed by atoms with Crippen molar-refractivity contribution >= 4 is 29.5 Å². The van der Waals surface area contributed by atoms with Crippen LogP contribution < -0.4 is 11.5 Å². The first-order valence-electron chi connectivity index (χ1n) is 6.65. The molecule has 2 aliphatic rings. The molecule has 3 atom stereocenters. The zero-order valence-corrected chi connectivity index (χ0v) is 12.8. The van der Waals surface area contributed by atoms with Crippen LogP contribution in [0.1, 0.15) is 13.8 Å². The minimum atomic E-state index is -0.980. The molecular weight excluding hydrogens is 296 g/mol. The number of aliphatic hydroxyl groups is 1. The molecule has 0 aromatic carbocycles. The summed E-state index contributed by atoms with van der Waals surface area (Å²) in [6, 6.07) is -1.62.